The summed E-state index contributed by atoms with van der Waals surface area (Å²) in [5.74, 6) is 3.14. The number of nitrogens with one attached hydrogen (secondary N) is 1. The van der Waals surface area contributed by atoms with Gasteiger partial charge in [0, 0.05) is 18.6 Å². The van der Waals surface area contributed by atoms with Crippen molar-refractivity contribution in [1.29, 1.82) is 0 Å². The molecule has 2 rings (SSSR count). The quantitative estimate of drug-likeness (QED) is 0.765. The van der Waals surface area contributed by atoms with Crippen LogP contribution in [0.1, 0.15) is 46.5 Å². The molecule has 0 aliphatic heterocycles. The molecule has 0 aromatic carbocycles. The van der Waals surface area contributed by atoms with E-state index in [1.54, 1.807) is 0 Å². The van der Waals surface area contributed by atoms with Crippen LogP contribution in [0.25, 0.3) is 0 Å². The van der Waals surface area contributed by atoms with Gasteiger partial charge in [-0.15, -0.1) is 0 Å². The average Bonchev–Trinajstić information content (AvgIpc) is 2.90. The van der Waals surface area contributed by atoms with Gasteiger partial charge in [0.25, 0.3) is 0 Å². The van der Waals surface area contributed by atoms with Crippen molar-refractivity contribution in [2.45, 2.75) is 58.5 Å². The van der Waals surface area contributed by atoms with E-state index in [0.29, 0.717) is 12.1 Å². The minimum absolute atomic E-state index is 0.601. The molecule has 0 aromatic heterocycles. The summed E-state index contributed by atoms with van der Waals surface area (Å²) < 4.78 is 0. The lowest BCUT2D eigenvalue weighted by atomic mass is 9.88. The van der Waals surface area contributed by atoms with Gasteiger partial charge in [0.05, 0.1) is 0 Å². The van der Waals surface area contributed by atoms with Crippen LogP contribution in [0, 0.1) is 17.8 Å². The monoisotopic (exact) mass is 238 g/mol. The molecule has 2 aliphatic carbocycles. The highest BCUT2D eigenvalue weighted by atomic mass is 15.2. The zero-order valence-corrected chi connectivity index (χ0v) is 12.1. The second-order valence-electron chi connectivity index (χ2n) is 6.46. The highest BCUT2D eigenvalue weighted by Crippen LogP contribution is 2.48. The molecule has 5 atom stereocenters. The molecule has 0 radical (unpaired) electrons. The van der Waals surface area contributed by atoms with Crippen LogP contribution in [0.2, 0.25) is 0 Å². The van der Waals surface area contributed by atoms with Crippen molar-refractivity contribution < 1.29 is 0 Å². The van der Waals surface area contributed by atoms with Gasteiger partial charge >= 0.3 is 0 Å². The second-order valence-corrected chi connectivity index (χ2v) is 6.46. The van der Waals surface area contributed by atoms with E-state index < -0.39 is 0 Å². The molecule has 2 bridgehead atoms. The molecule has 0 heterocycles. The Bertz CT molecular complexity index is 241. The van der Waals surface area contributed by atoms with Crippen LogP contribution in [0.5, 0.6) is 0 Å². The van der Waals surface area contributed by atoms with Crippen LogP contribution < -0.4 is 5.32 Å². The van der Waals surface area contributed by atoms with Crippen molar-refractivity contribution in [1.82, 2.24) is 10.2 Å². The first-order valence-corrected chi connectivity index (χ1v) is 7.55. The van der Waals surface area contributed by atoms with Crippen molar-refractivity contribution in [3.05, 3.63) is 0 Å². The van der Waals surface area contributed by atoms with Crippen molar-refractivity contribution in [3.8, 4) is 0 Å². The molecule has 2 saturated carbocycles. The summed E-state index contributed by atoms with van der Waals surface area (Å²) in [7, 11) is 2.31. The first kappa shape index (κ1) is 13.4. The number of hydrogen-bond acceptors (Lipinski definition) is 2. The Morgan fingerprint density at radius 3 is 2.53 bits per heavy atom. The smallest absolute Gasteiger partial charge is 0.0215 e. The maximum absolute atomic E-state index is 3.54. The first-order valence-electron chi connectivity index (χ1n) is 7.55. The van der Waals surface area contributed by atoms with Gasteiger partial charge in [-0.3, -0.25) is 0 Å². The van der Waals surface area contributed by atoms with Gasteiger partial charge in [-0.05, 0) is 64.5 Å². The third-order valence-electron chi connectivity index (χ3n) is 5.35. The summed E-state index contributed by atoms with van der Waals surface area (Å²) in [5, 5.41) is 3.54. The maximum atomic E-state index is 3.54. The molecule has 0 spiro atoms. The van der Waals surface area contributed by atoms with E-state index in [2.05, 4.69) is 38.0 Å². The molecule has 2 aliphatic rings. The largest absolute Gasteiger partial charge is 0.313 e. The van der Waals surface area contributed by atoms with E-state index in [4.69, 9.17) is 0 Å². The van der Waals surface area contributed by atoms with Crippen molar-refractivity contribution in [2.75, 3.05) is 20.1 Å². The predicted octanol–water partition coefficient (Wildman–Crippen LogP) is 2.74. The third-order valence-corrected chi connectivity index (χ3v) is 5.35. The summed E-state index contributed by atoms with van der Waals surface area (Å²) in [6.45, 7) is 9.26. The lowest BCUT2D eigenvalue weighted by Gasteiger charge is -2.34. The fraction of sp³-hybridized carbons (Fsp3) is 1.00. The summed E-state index contributed by atoms with van der Waals surface area (Å²) in [6, 6.07) is 1.25. The van der Waals surface area contributed by atoms with Gasteiger partial charge < -0.3 is 10.2 Å². The minimum atomic E-state index is 0.601. The van der Waals surface area contributed by atoms with Crippen LogP contribution in [0.15, 0.2) is 0 Å². The number of fused-ring (bicyclic) bond motifs is 2. The van der Waals surface area contributed by atoms with E-state index in [-0.39, 0.29) is 0 Å². The van der Waals surface area contributed by atoms with E-state index in [1.807, 2.05) is 0 Å². The number of nitrogens with zero attached hydrogens (tertiary/aromatic N) is 1. The Hall–Kier alpha value is -0.0800. The molecule has 5 unspecified atom stereocenters. The standard InChI is InChI=1S/C15H30N2/c1-5-16-11(2)12(3)17(4)10-15-9-13-6-7-14(15)8-13/h11-16H,5-10H2,1-4H3. The lowest BCUT2D eigenvalue weighted by molar-refractivity contribution is 0.158. The number of hydrogen-bond donors (Lipinski definition) is 1. The van der Waals surface area contributed by atoms with Crippen molar-refractivity contribution in [3.63, 3.8) is 0 Å². The van der Waals surface area contributed by atoms with Gasteiger partial charge in [-0.1, -0.05) is 13.3 Å². The summed E-state index contributed by atoms with van der Waals surface area (Å²) in [4.78, 5) is 2.58. The first-order chi connectivity index (χ1) is 8.11. The molecule has 2 heteroatoms. The highest BCUT2D eigenvalue weighted by Gasteiger charge is 2.40. The predicted molar refractivity (Wildman–Crippen MR) is 74.2 cm³/mol. The van der Waals surface area contributed by atoms with E-state index >= 15 is 0 Å². The Balaban J connectivity index is 1.78. The molecule has 0 aromatic rings. The van der Waals surface area contributed by atoms with Gasteiger partial charge in [-0.25, -0.2) is 0 Å². The Labute approximate surface area is 107 Å². The maximum Gasteiger partial charge on any atom is 0.0215 e. The molecular weight excluding hydrogens is 208 g/mol. The van der Waals surface area contributed by atoms with E-state index in [1.165, 1.54) is 32.2 Å². The average molecular weight is 238 g/mol. The van der Waals surface area contributed by atoms with Crippen LogP contribution >= 0.6 is 0 Å². The lowest BCUT2D eigenvalue weighted by Crippen LogP contribution is -2.47. The molecule has 2 nitrogen and oxygen atoms in total. The molecular formula is C15H30N2. The molecule has 1 N–H and O–H groups in total. The fourth-order valence-corrected chi connectivity index (χ4v) is 4.01. The summed E-state index contributed by atoms with van der Waals surface area (Å²) in [5.41, 5.74) is 0. The van der Waals surface area contributed by atoms with Crippen molar-refractivity contribution in [2.24, 2.45) is 17.8 Å². The normalized spacial score (nSPS) is 35.5. The van der Waals surface area contributed by atoms with E-state index in [9.17, 15) is 0 Å². The third kappa shape index (κ3) is 3.03. The van der Waals surface area contributed by atoms with Crippen LogP contribution in [-0.4, -0.2) is 37.1 Å². The molecule has 0 saturated heterocycles. The van der Waals surface area contributed by atoms with Crippen molar-refractivity contribution >= 4 is 0 Å². The minimum Gasteiger partial charge on any atom is -0.313 e. The Morgan fingerprint density at radius 2 is 2.00 bits per heavy atom. The van der Waals surface area contributed by atoms with Crippen LogP contribution in [-0.2, 0) is 0 Å². The van der Waals surface area contributed by atoms with Crippen LogP contribution in [0.3, 0.4) is 0 Å². The topological polar surface area (TPSA) is 15.3 Å². The molecule has 17 heavy (non-hydrogen) atoms. The fourth-order valence-electron chi connectivity index (χ4n) is 4.01. The molecule has 0 amide bonds. The zero-order valence-electron chi connectivity index (χ0n) is 12.1. The Morgan fingerprint density at radius 1 is 1.24 bits per heavy atom. The highest BCUT2D eigenvalue weighted by molar-refractivity contribution is 4.91. The second kappa shape index (κ2) is 5.71. The SMILES string of the molecule is CCNC(C)C(C)N(C)CC1CC2CCC1C2. The summed E-state index contributed by atoms with van der Waals surface area (Å²) in [6.07, 6.45) is 6.08. The van der Waals surface area contributed by atoms with Gasteiger partial charge in [0.1, 0.15) is 0 Å². The molecule has 2 fully saturated rings. The summed E-state index contributed by atoms with van der Waals surface area (Å²) >= 11 is 0. The Kier molecular flexibility index (Phi) is 4.48. The van der Waals surface area contributed by atoms with Crippen LogP contribution in [0.4, 0.5) is 0 Å². The molecule has 100 valence electrons. The number of rotatable bonds is 6. The van der Waals surface area contributed by atoms with E-state index in [0.717, 1.165) is 24.3 Å². The number of likely N-dealkylation sites (N-methyl/N-ethyl adjacent to an activating group) is 2. The zero-order chi connectivity index (χ0) is 12.4. The van der Waals surface area contributed by atoms with Gasteiger partial charge in [0.2, 0.25) is 0 Å². The van der Waals surface area contributed by atoms with Gasteiger partial charge in [0.15, 0.2) is 0 Å². The van der Waals surface area contributed by atoms with Gasteiger partial charge in [-0.2, -0.15) is 0 Å².